The molecule has 7 nitrogen and oxygen atoms in total. The van der Waals surface area contributed by atoms with Gasteiger partial charge in [-0.05, 0) is 49.2 Å². The number of methoxy groups -OCH3 is 1. The van der Waals surface area contributed by atoms with Crippen molar-refractivity contribution in [1.29, 1.82) is 0 Å². The van der Waals surface area contributed by atoms with E-state index in [-0.39, 0.29) is 17.7 Å². The molecule has 0 radical (unpaired) electrons. The average molecular weight is 368 g/mol. The molecule has 2 aromatic rings. The first-order valence-electron chi connectivity index (χ1n) is 8.87. The fourth-order valence-electron chi connectivity index (χ4n) is 3.23. The highest BCUT2D eigenvalue weighted by Crippen LogP contribution is 2.26. The maximum absolute atomic E-state index is 12.5. The molecule has 2 aromatic carbocycles. The number of primary amides is 1. The van der Waals surface area contributed by atoms with Gasteiger partial charge in [0.05, 0.1) is 24.4 Å². The van der Waals surface area contributed by atoms with Crippen LogP contribution in [0.5, 0.6) is 5.75 Å². The molecule has 142 valence electrons. The second kappa shape index (κ2) is 7.99. The van der Waals surface area contributed by atoms with Crippen LogP contribution in [0.2, 0.25) is 0 Å². The summed E-state index contributed by atoms with van der Waals surface area (Å²) in [5, 5.41) is 2.80. The third-order valence-corrected chi connectivity index (χ3v) is 4.83. The van der Waals surface area contributed by atoms with Crippen molar-refractivity contribution in [1.82, 2.24) is 0 Å². The molecule has 2 amide bonds. The summed E-state index contributed by atoms with van der Waals surface area (Å²) >= 11 is 0. The number of carbonyl (C=O) groups excluding carboxylic acids is 2. The van der Waals surface area contributed by atoms with E-state index in [0.29, 0.717) is 29.2 Å². The van der Waals surface area contributed by atoms with Crippen LogP contribution in [0.1, 0.15) is 23.2 Å². The molecule has 3 rings (SSSR count). The Morgan fingerprint density at radius 1 is 1.19 bits per heavy atom. The lowest BCUT2D eigenvalue weighted by atomic mass is 9.97. The van der Waals surface area contributed by atoms with Crippen molar-refractivity contribution >= 4 is 28.9 Å². The highest BCUT2D eigenvalue weighted by Gasteiger charge is 2.24. The summed E-state index contributed by atoms with van der Waals surface area (Å²) in [7, 11) is 1.55. The van der Waals surface area contributed by atoms with E-state index in [0.717, 1.165) is 25.1 Å². The average Bonchev–Trinajstić information content (AvgIpc) is 2.69. The summed E-state index contributed by atoms with van der Waals surface area (Å²) in [6.45, 7) is 1.48. The maximum atomic E-state index is 12.5. The van der Waals surface area contributed by atoms with E-state index in [9.17, 15) is 9.59 Å². The minimum absolute atomic E-state index is 0.127. The van der Waals surface area contributed by atoms with Crippen LogP contribution in [-0.2, 0) is 4.79 Å². The number of amides is 2. The fraction of sp³-hybridized carbons (Fsp3) is 0.300. The molecular weight excluding hydrogens is 344 g/mol. The Hall–Kier alpha value is -3.22. The van der Waals surface area contributed by atoms with Crippen molar-refractivity contribution in [2.45, 2.75) is 12.8 Å². The summed E-state index contributed by atoms with van der Waals surface area (Å²) in [5.41, 5.74) is 13.8. The SMILES string of the molecule is COc1ccc(N)c(NC(=O)c2ccc(N3CCCC(C(N)=O)C3)cc2)c1. The quantitative estimate of drug-likeness (QED) is 0.701. The highest BCUT2D eigenvalue weighted by atomic mass is 16.5. The fourth-order valence-corrected chi connectivity index (χ4v) is 3.23. The molecule has 27 heavy (non-hydrogen) atoms. The number of rotatable bonds is 5. The zero-order valence-electron chi connectivity index (χ0n) is 15.3. The minimum atomic E-state index is -0.258. The maximum Gasteiger partial charge on any atom is 0.255 e. The predicted octanol–water partition coefficient (Wildman–Crippen LogP) is 2.23. The van der Waals surface area contributed by atoms with Gasteiger partial charge in [-0.15, -0.1) is 0 Å². The number of nitrogens with zero attached hydrogens (tertiary/aromatic N) is 1. The summed E-state index contributed by atoms with van der Waals surface area (Å²) in [5.74, 6) is -0.0246. The van der Waals surface area contributed by atoms with Crippen molar-refractivity contribution < 1.29 is 14.3 Å². The molecule has 1 atom stereocenters. The number of benzene rings is 2. The minimum Gasteiger partial charge on any atom is -0.497 e. The monoisotopic (exact) mass is 368 g/mol. The first-order valence-corrected chi connectivity index (χ1v) is 8.87. The van der Waals surface area contributed by atoms with E-state index >= 15 is 0 Å². The lowest BCUT2D eigenvalue weighted by molar-refractivity contribution is -0.122. The van der Waals surface area contributed by atoms with Gasteiger partial charge in [0.15, 0.2) is 0 Å². The Kier molecular flexibility index (Phi) is 5.49. The summed E-state index contributed by atoms with van der Waals surface area (Å²) in [6.07, 6.45) is 1.75. The van der Waals surface area contributed by atoms with Crippen molar-refractivity contribution in [3.63, 3.8) is 0 Å². The standard InChI is InChI=1S/C20H24N4O3/c1-27-16-8-9-17(21)18(11-16)23-20(26)13-4-6-15(7-5-13)24-10-2-3-14(12-24)19(22)25/h4-9,11,14H,2-3,10,12,21H2,1H3,(H2,22,25)(H,23,26). The Balaban J connectivity index is 1.70. The van der Waals surface area contributed by atoms with Crippen molar-refractivity contribution in [2.24, 2.45) is 11.7 Å². The zero-order chi connectivity index (χ0) is 19.4. The second-order valence-electron chi connectivity index (χ2n) is 6.64. The van der Waals surface area contributed by atoms with Crippen LogP contribution >= 0.6 is 0 Å². The molecule has 1 heterocycles. The number of nitrogens with one attached hydrogen (secondary N) is 1. The normalized spacial score (nSPS) is 16.6. The zero-order valence-corrected chi connectivity index (χ0v) is 15.3. The van der Waals surface area contributed by atoms with Crippen LogP contribution in [-0.4, -0.2) is 32.0 Å². The van der Waals surface area contributed by atoms with E-state index in [2.05, 4.69) is 10.2 Å². The first kappa shape index (κ1) is 18.6. The van der Waals surface area contributed by atoms with Gasteiger partial charge in [-0.2, -0.15) is 0 Å². The lowest BCUT2D eigenvalue weighted by Crippen LogP contribution is -2.41. The Labute approximate surface area is 158 Å². The summed E-state index contributed by atoms with van der Waals surface area (Å²) < 4.78 is 5.16. The van der Waals surface area contributed by atoms with E-state index in [1.54, 1.807) is 37.4 Å². The number of hydrogen-bond donors (Lipinski definition) is 3. The molecular formula is C20H24N4O3. The smallest absolute Gasteiger partial charge is 0.255 e. The highest BCUT2D eigenvalue weighted by molar-refractivity contribution is 6.06. The van der Waals surface area contributed by atoms with Crippen LogP contribution in [0, 0.1) is 5.92 Å². The van der Waals surface area contributed by atoms with E-state index in [1.807, 2.05) is 12.1 Å². The molecule has 7 heteroatoms. The van der Waals surface area contributed by atoms with E-state index in [1.165, 1.54) is 0 Å². The molecule has 1 fully saturated rings. The molecule has 1 aliphatic heterocycles. The van der Waals surface area contributed by atoms with Gasteiger partial charge in [-0.3, -0.25) is 9.59 Å². The Bertz CT molecular complexity index is 836. The van der Waals surface area contributed by atoms with Gasteiger partial charge >= 0.3 is 0 Å². The number of piperidine rings is 1. The number of nitrogens with two attached hydrogens (primary N) is 2. The van der Waals surface area contributed by atoms with Gasteiger partial charge in [0.2, 0.25) is 5.91 Å². The van der Waals surface area contributed by atoms with Crippen LogP contribution in [0.25, 0.3) is 0 Å². The molecule has 1 unspecified atom stereocenters. The second-order valence-corrected chi connectivity index (χ2v) is 6.64. The number of anilines is 3. The van der Waals surface area contributed by atoms with Gasteiger partial charge in [0.25, 0.3) is 5.91 Å². The predicted molar refractivity (Wildman–Crippen MR) is 106 cm³/mol. The van der Waals surface area contributed by atoms with Gasteiger partial charge < -0.3 is 26.4 Å². The first-order chi connectivity index (χ1) is 13.0. The molecule has 1 aliphatic rings. The van der Waals surface area contributed by atoms with Crippen LogP contribution in [0.3, 0.4) is 0 Å². The van der Waals surface area contributed by atoms with Crippen molar-refractivity contribution in [3.05, 3.63) is 48.0 Å². The van der Waals surface area contributed by atoms with Gasteiger partial charge in [0, 0.05) is 30.4 Å². The van der Waals surface area contributed by atoms with Crippen LogP contribution < -0.4 is 26.4 Å². The molecule has 0 spiro atoms. The number of hydrogen-bond acceptors (Lipinski definition) is 5. The Morgan fingerprint density at radius 2 is 1.93 bits per heavy atom. The number of ether oxygens (including phenoxy) is 1. The Morgan fingerprint density at radius 3 is 2.59 bits per heavy atom. The summed E-state index contributed by atoms with van der Waals surface area (Å²) in [6, 6.07) is 12.4. The number of carbonyl (C=O) groups is 2. The van der Waals surface area contributed by atoms with Crippen LogP contribution in [0.15, 0.2) is 42.5 Å². The van der Waals surface area contributed by atoms with E-state index in [4.69, 9.17) is 16.2 Å². The molecule has 1 saturated heterocycles. The molecule has 5 N–H and O–H groups in total. The number of nitrogen functional groups attached to an aromatic ring is 1. The van der Waals surface area contributed by atoms with Crippen LogP contribution in [0.4, 0.5) is 17.1 Å². The topological polar surface area (TPSA) is 111 Å². The summed E-state index contributed by atoms with van der Waals surface area (Å²) in [4.78, 5) is 26.1. The lowest BCUT2D eigenvalue weighted by Gasteiger charge is -2.33. The molecule has 0 saturated carbocycles. The van der Waals surface area contributed by atoms with Gasteiger partial charge in [-0.25, -0.2) is 0 Å². The molecule has 0 aromatic heterocycles. The third-order valence-electron chi connectivity index (χ3n) is 4.83. The van der Waals surface area contributed by atoms with E-state index < -0.39 is 0 Å². The van der Waals surface area contributed by atoms with Crippen molar-refractivity contribution in [2.75, 3.05) is 36.1 Å². The van der Waals surface area contributed by atoms with Gasteiger partial charge in [-0.1, -0.05) is 0 Å². The van der Waals surface area contributed by atoms with Crippen molar-refractivity contribution in [3.8, 4) is 5.75 Å². The largest absolute Gasteiger partial charge is 0.497 e. The molecule has 0 aliphatic carbocycles. The van der Waals surface area contributed by atoms with Gasteiger partial charge in [0.1, 0.15) is 5.75 Å². The molecule has 0 bridgehead atoms. The third kappa shape index (κ3) is 4.31.